The van der Waals surface area contributed by atoms with Crippen molar-refractivity contribution in [1.82, 2.24) is 10.3 Å². The van der Waals surface area contributed by atoms with Crippen LogP contribution in [0, 0.1) is 11.8 Å². The van der Waals surface area contributed by atoms with Gasteiger partial charge in [0.2, 0.25) is 0 Å². The van der Waals surface area contributed by atoms with Gasteiger partial charge in [-0.05, 0) is 36.4 Å². The predicted octanol–water partition coefficient (Wildman–Crippen LogP) is 2.09. The molecule has 1 fully saturated rings. The molecule has 1 aromatic rings. The Morgan fingerprint density at radius 2 is 2.30 bits per heavy atom. The van der Waals surface area contributed by atoms with Gasteiger partial charge < -0.3 is 16.3 Å². The fourth-order valence-electron chi connectivity index (χ4n) is 2.95. The van der Waals surface area contributed by atoms with Crippen LogP contribution in [0.4, 0.5) is 0 Å². The number of rotatable bonds is 5. The smallest absolute Gasteiger partial charge is 0.189 e. The minimum absolute atomic E-state index is 0.0634. The normalized spacial score (nSPS) is 23.8. The minimum Gasteiger partial charge on any atom is -0.409 e. The Bertz CT molecular complexity index is 461. The number of hydrogen-bond acceptors (Lipinski definition) is 4. The van der Waals surface area contributed by atoms with Gasteiger partial charge in [0.05, 0.1) is 0 Å². The second kappa shape index (κ2) is 7.24. The Hall–Kier alpha value is -1.62. The van der Waals surface area contributed by atoms with Crippen LogP contribution in [0.25, 0.3) is 0 Å². The van der Waals surface area contributed by atoms with Gasteiger partial charge in [0.1, 0.15) is 5.69 Å². The van der Waals surface area contributed by atoms with Crippen molar-refractivity contribution in [3.05, 3.63) is 29.6 Å². The third-order valence-corrected chi connectivity index (χ3v) is 4.25. The van der Waals surface area contributed by atoms with Gasteiger partial charge in [-0.3, -0.25) is 4.98 Å². The zero-order valence-corrected chi connectivity index (χ0v) is 12.0. The van der Waals surface area contributed by atoms with E-state index in [0.717, 1.165) is 23.9 Å². The predicted molar refractivity (Wildman–Crippen MR) is 79.6 cm³/mol. The molecule has 4 N–H and O–H groups in total. The SMILES string of the molecule is CC1CCCCC1CNCc1cccnc1C(N)=NO. The molecule has 5 heteroatoms. The zero-order chi connectivity index (χ0) is 14.4. The molecule has 2 unspecified atom stereocenters. The van der Waals surface area contributed by atoms with E-state index >= 15 is 0 Å². The van der Waals surface area contributed by atoms with Crippen molar-refractivity contribution in [3.63, 3.8) is 0 Å². The number of aromatic nitrogens is 1. The molecule has 0 aromatic carbocycles. The van der Waals surface area contributed by atoms with Gasteiger partial charge in [-0.15, -0.1) is 0 Å². The third-order valence-electron chi connectivity index (χ3n) is 4.25. The molecule has 1 aliphatic carbocycles. The molecule has 1 saturated carbocycles. The van der Waals surface area contributed by atoms with Gasteiger partial charge in [-0.25, -0.2) is 0 Å². The van der Waals surface area contributed by atoms with Crippen LogP contribution in [-0.2, 0) is 6.54 Å². The molecule has 110 valence electrons. The lowest BCUT2D eigenvalue weighted by atomic mass is 9.80. The van der Waals surface area contributed by atoms with Crippen LogP contribution in [0.1, 0.15) is 43.9 Å². The molecule has 0 spiro atoms. The maximum absolute atomic E-state index is 8.78. The molecule has 0 aliphatic heterocycles. The van der Waals surface area contributed by atoms with E-state index in [1.807, 2.05) is 12.1 Å². The van der Waals surface area contributed by atoms with E-state index in [9.17, 15) is 0 Å². The Labute approximate surface area is 120 Å². The van der Waals surface area contributed by atoms with Crippen molar-refractivity contribution in [1.29, 1.82) is 0 Å². The first-order valence-electron chi connectivity index (χ1n) is 7.35. The Morgan fingerprint density at radius 3 is 3.05 bits per heavy atom. The van der Waals surface area contributed by atoms with Gasteiger partial charge in [-0.1, -0.05) is 37.4 Å². The monoisotopic (exact) mass is 276 g/mol. The highest BCUT2D eigenvalue weighted by Crippen LogP contribution is 2.28. The van der Waals surface area contributed by atoms with Crippen LogP contribution in [0.5, 0.6) is 0 Å². The molecular formula is C15H24N4O. The third kappa shape index (κ3) is 3.70. The maximum Gasteiger partial charge on any atom is 0.189 e. The Kier molecular flexibility index (Phi) is 5.35. The molecule has 0 radical (unpaired) electrons. The van der Waals surface area contributed by atoms with Crippen LogP contribution in [0.15, 0.2) is 23.5 Å². The summed E-state index contributed by atoms with van der Waals surface area (Å²) in [4.78, 5) is 4.17. The molecule has 0 amide bonds. The highest BCUT2D eigenvalue weighted by molar-refractivity contribution is 5.96. The number of amidine groups is 1. The van der Waals surface area contributed by atoms with Crippen LogP contribution in [0.3, 0.4) is 0 Å². The van der Waals surface area contributed by atoms with Gasteiger partial charge >= 0.3 is 0 Å². The number of nitrogens with two attached hydrogens (primary N) is 1. The standard InChI is InChI=1S/C15H24N4O/c1-11-5-2-3-6-12(11)9-17-10-13-7-4-8-18-14(13)15(16)19-20/h4,7-8,11-12,17,20H,2-3,5-6,9-10H2,1H3,(H2,16,19). The highest BCUT2D eigenvalue weighted by atomic mass is 16.4. The molecule has 1 heterocycles. The Morgan fingerprint density at radius 1 is 1.50 bits per heavy atom. The molecule has 1 aromatic heterocycles. The van der Waals surface area contributed by atoms with Crippen molar-refractivity contribution >= 4 is 5.84 Å². The second-order valence-electron chi connectivity index (χ2n) is 5.65. The minimum atomic E-state index is 0.0634. The first-order chi connectivity index (χ1) is 9.72. The summed E-state index contributed by atoms with van der Waals surface area (Å²) >= 11 is 0. The molecule has 1 aliphatic rings. The Balaban J connectivity index is 1.91. The van der Waals surface area contributed by atoms with Crippen molar-refractivity contribution in [2.75, 3.05) is 6.54 Å². The molecule has 0 saturated heterocycles. The van der Waals surface area contributed by atoms with Crippen LogP contribution in [0.2, 0.25) is 0 Å². The molecule has 2 rings (SSSR count). The molecule has 2 atom stereocenters. The van der Waals surface area contributed by atoms with Crippen LogP contribution in [-0.4, -0.2) is 22.6 Å². The summed E-state index contributed by atoms with van der Waals surface area (Å²) in [5, 5.41) is 15.3. The maximum atomic E-state index is 8.78. The summed E-state index contributed by atoms with van der Waals surface area (Å²) in [6.07, 6.45) is 7.02. The van der Waals surface area contributed by atoms with E-state index in [2.05, 4.69) is 22.4 Å². The highest BCUT2D eigenvalue weighted by Gasteiger charge is 2.20. The van der Waals surface area contributed by atoms with Gasteiger partial charge in [0, 0.05) is 12.7 Å². The summed E-state index contributed by atoms with van der Waals surface area (Å²) < 4.78 is 0. The van der Waals surface area contributed by atoms with Crippen LogP contribution < -0.4 is 11.1 Å². The van der Waals surface area contributed by atoms with E-state index in [-0.39, 0.29) is 5.84 Å². The van der Waals surface area contributed by atoms with E-state index in [0.29, 0.717) is 12.2 Å². The number of nitrogens with one attached hydrogen (secondary N) is 1. The number of pyridine rings is 1. The fourth-order valence-corrected chi connectivity index (χ4v) is 2.95. The lowest BCUT2D eigenvalue weighted by Crippen LogP contribution is -2.30. The van der Waals surface area contributed by atoms with Gasteiger partial charge in [0.25, 0.3) is 0 Å². The zero-order valence-electron chi connectivity index (χ0n) is 12.0. The van der Waals surface area contributed by atoms with Gasteiger partial charge in [0.15, 0.2) is 5.84 Å². The molecule has 20 heavy (non-hydrogen) atoms. The number of nitrogens with zero attached hydrogens (tertiary/aromatic N) is 2. The van der Waals surface area contributed by atoms with E-state index in [1.54, 1.807) is 6.20 Å². The van der Waals surface area contributed by atoms with Crippen molar-refractivity contribution < 1.29 is 5.21 Å². The first-order valence-corrected chi connectivity index (χ1v) is 7.35. The molecular weight excluding hydrogens is 252 g/mol. The second-order valence-corrected chi connectivity index (χ2v) is 5.65. The number of hydrogen-bond donors (Lipinski definition) is 3. The molecule has 5 nitrogen and oxygen atoms in total. The first kappa shape index (κ1) is 14.8. The van der Waals surface area contributed by atoms with E-state index in [1.165, 1.54) is 25.7 Å². The molecule has 0 bridgehead atoms. The summed E-state index contributed by atoms with van der Waals surface area (Å²) in [7, 11) is 0. The summed E-state index contributed by atoms with van der Waals surface area (Å²) in [5.41, 5.74) is 7.16. The lowest BCUT2D eigenvalue weighted by Gasteiger charge is -2.29. The average Bonchev–Trinajstić information content (AvgIpc) is 2.49. The summed E-state index contributed by atoms with van der Waals surface area (Å²) in [6, 6.07) is 3.83. The van der Waals surface area contributed by atoms with Crippen molar-refractivity contribution in [2.24, 2.45) is 22.7 Å². The fraction of sp³-hybridized carbons (Fsp3) is 0.600. The van der Waals surface area contributed by atoms with Gasteiger partial charge in [-0.2, -0.15) is 0 Å². The van der Waals surface area contributed by atoms with Crippen molar-refractivity contribution in [3.8, 4) is 0 Å². The topological polar surface area (TPSA) is 83.5 Å². The van der Waals surface area contributed by atoms with Crippen LogP contribution >= 0.6 is 0 Å². The van der Waals surface area contributed by atoms with Crippen molar-refractivity contribution in [2.45, 2.75) is 39.2 Å². The van der Waals surface area contributed by atoms with E-state index < -0.39 is 0 Å². The van der Waals surface area contributed by atoms with E-state index in [4.69, 9.17) is 10.9 Å². The summed E-state index contributed by atoms with van der Waals surface area (Å²) in [5.74, 6) is 1.62. The lowest BCUT2D eigenvalue weighted by molar-refractivity contribution is 0.247. The summed E-state index contributed by atoms with van der Waals surface area (Å²) in [6.45, 7) is 4.06. The average molecular weight is 276 g/mol. The number of oxime groups is 1. The quantitative estimate of drug-likeness (QED) is 0.333. The largest absolute Gasteiger partial charge is 0.409 e.